The van der Waals surface area contributed by atoms with Crippen molar-refractivity contribution in [3.63, 3.8) is 0 Å². The average molecular weight is 247 g/mol. The van der Waals surface area contributed by atoms with Gasteiger partial charge in [0.15, 0.2) is 0 Å². The minimum absolute atomic E-state index is 0.0144. The Hall–Kier alpha value is -1.02. The van der Waals surface area contributed by atoms with Crippen molar-refractivity contribution in [2.45, 2.75) is 58.4 Å². The molecular formula is C16H25NO. The van der Waals surface area contributed by atoms with E-state index in [0.29, 0.717) is 11.8 Å². The van der Waals surface area contributed by atoms with Crippen LogP contribution in [0.3, 0.4) is 0 Å². The van der Waals surface area contributed by atoms with E-state index in [9.17, 15) is 5.11 Å². The Morgan fingerprint density at radius 1 is 1.22 bits per heavy atom. The van der Waals surface area contributed by atoms with Gasteiger partial charge in [-0.05, 0) is 37.3 Å². The van der Waals surface area contributed by atoms with Gasteiger partial charge in [0.25, 0.3) is 0 Å². The van der Waals surface area contributed by atoms with Gasteiger partial charge in [0.2, 0.25) is 0 Å². The SMILES string of the molecule is Cc1cc(C2CCCCN2)c(O)c(C(C)(C)C)c1. The third-order valence-corrected chi connectivity index (χ3v) is 3.78. The second kappa shape index (κ2) is 4.93. The molecule has 2 N–H and O–H groups in total. The van der Waals surface area contributed by atoms with Crippen LogP contribution in [0.4, 0.5) is 0 Å². The summed E-state index contributed by atoms with van der Waals surface area (Å²) < 4.78 is 0. The van der Waals surface area contributed by atoms with Crippen molar-refractivity contribution in [2.24, 2.45) is 0 Å². The fourth-order valence-electron chi connectivity index (χ4n) is 2.76. The molecule has 1 aromatic carbocycles. The van der Waals surface area contributed by atoms with Crippen LogP contribution in [0.15, 0.2) is 12.1 Å². The number of benzene rings is 1. The van der Waals surface area contributed by atoms with Gasteiger partial charge in [0.1, 0.15) is 5.75 Å². The van der Waals surface area contributed by atoms with E-state index in [4.69, 9.17) is 0 Å². The van der Waals surface area contributed by atoms with Gasteiger partial charge in [-0.1, -0.05) is 44.9 Å². The largest absolute Gasteiger partial charge is 0.507 e. The molecule has 1 heterocycles. The van der Waals surface area contributed by atoms with E-state index in [1.807, 2.05) is 0 Å². The first kappa shape index (κ1) is 13.4. The van der Waals surface area contributed by atoms with E-state index < -0.39 is 0 Å². The molecule has 2 nitrogen and oxygen atoms in total. The average Bonchev–Trinajstić information content (AvgIpc) is 2.31. The summed E-state index contributed by atoms with van der Waals surface area (Å²) in [6, 6.07) is 4.56. The molecule has 1 aliphatic heterocycles. The second-order valence-corrected chi connectivity index (χ2v) is 6.50. The van der Waals surface area contributed by atoms with Crippen LogP contribution < -0.4 is 5.32 Å². The number of aryl methyl sites for hydroxylation is 1. The quantitative estimate of drug-likeness (QED) is 0.791. The highest BCUT2D eigenvalue weighted by atomic mass is 16.3. The van der Waals surface area contributed by atoms with Crippen molar-refractivity contribution < 1.29 is 5.11 Å². The molecule has 0 spiro atoms. The summed E-state index contributed by atoms with van der Waals surface area (Å²) in [5.74, 6) is 0.493. The number of phenolic OH excluding ortho intramolecular Hbond substituents is 1. The third kappa shape index (κ3) is 2.69. The van der Waals surface area contributed by atoms with Crippen LogP contribution in [0.25, 0.3) is 0 Å². The second-order valence-electron chi connectivity index (χ2n) is 6.50. The molecule has 0 amide bonds. The van der Waals surface area contributed by atoms with Crippen LogP contribution in [-0.4, -0.2) is 11.7 Å². The van der Waals surface area contributed by atoms with Crippen LogP contribution in [0.2, 0.25) is 0 Å². The van der Waals surface area contributed by atoms with Crippen LogP contribution in [0.5, 0.6) is 5.75 Å². The van der Waals surface area contributed by atoms with Crippen molar-refractivity contribution in [1.82, 2.24) is 5.32 Å². The summed E-state index contributed by atoms with van der Waals surface area (Å²) in [7, 11) is 0. The van der Waals surface area contributed by atoms with Gasteiger partial charge < -0.3 is 10.4 Å². The lowest BCUT2D eigenvalue weighted by molar-refractivity contribution is 0.383. The van der Waals surface area contributed by atoms with Gasteiger partial charge in [0, 0.05) is 11.6 Å². The predicted molar refractivity (Wildman–Crippen MR) is 76.1 cm³/mol. The molecular weight excluding hydrogens is 222 g/mol. The van der Waals surface area contributed by atoms with Gasteiger partial charge in [-0.2, -0.15) is 0 Å². The van der Waals surface area contributed by atoms with Crippen molar-refractivity contribution in [1.29, 1.82) is 0 Å². The molecule has 0 radical (unpaired) electrons. The Labute approximate surface area is 110 Å². The van der Waals surface area contributed by atoms with E-state index in [1.165, 1.54) is 18.4 Å². The molecule has 100 valence electrons. The van der Waals surface area contributed by atoms with Gasteiger partial charge in [-0.3, -0.25) is 0 Å². The first-order valence-corrected chi connectivity index (χ1v) is 6.97. The highest BCUT2D eigenvalue weighted by molar-refractivity contribution is 5.48. The lowest BCUT2D eigenvalue weighted by Crippen LogP contribution is -2.27. The Bertz CT molecular complexity index is 425. The first-order chi connectivity index (χ1) is 8.39. The maximum atomic E-state index is 10.6. The van der Waals surface area contributed by atoms with Gasteiger partial charge in [0.05, 0.1) is 0 Å². The zero-order chi connectivity index (χ0) is 13.3. The number of hydrogen-bond acceptors (Lipinski definition) is 2. The molecule has 1 fully saturated rings. The maximum absolute atomic E-state index is 10.6. The summed E-state index contributed by atoms with van der Waals surface area (Å²) in [6.07, 6.45) is 3.62. The molecule has 0 bridgehead atoms. The molecule has 1 aromatic rings. The standard InChI is InChI=1S/C16H25NO/c1-11-9-12(14-7-5-6-8-17-14)15(18)13(10-11)16(2,3)4/h9-10,14,17-18H,5-8H2,1-4H3. The van der Waals surface area contributed by atoms with E-state index in [0.717, 1.165) is 24.1 Å². The van der Waals surface area contributed by atoms with Gasteiger partial charge in [-0.25, -0.2) is 0 Å². The minimum atomic E-state index is -0.0144. The topological polar surface area (TPSA) is 32.3 Å². The zero-order valence-electron chi connectivity index (χ0n) is 12.0. The van der Waals surface area contributed by atoms with Crippen LogP contribution in [0.1, 0.15) is 62.8 Å². The highest BCUT2D eigenvalue weighted by Gasteiger charge is 2.25. The molecule has 2 heteroatoms. The summed E-state index contributed by atoms with van der Waals surface area (Å²) in [5, 5.41) is 14.1. The van der Waals surface area contributed by atoms with Crippen molar-refractivity contribution in [3.8, 4) is 5.75 Å². The summed E-state index contributed by atoms with van der Waals surface area (Å²) >= 11 is 0. The normalized spacial score (nSPS) is 21.0. The summed E-state index contributed by atoms with van der Waals surface area (Å²) in [5.41, 5.74) is 3.36. The zero-order valence-corrected chi connectivity index (χ0v) is 12.0. The molecule has 0 aromatic heterocycles. The highest BCUT2D eigenvalue weighted by Crippen LogP contribution is 2.38. The third-order valence-electron chi connectivity index (χ3n) is 3.78. The summed E-state index contributed by atoms with van der Waals surface area (Å²) in [4.78, 5) is 0. The molecule has 18 heavy (non-hydrogen) atoms. The van der Waals surface area contributed by atoms with E-state index >= 15 is 0 Å². The minimum Gasteiger partial charge on any atom is -0.507 e. The lowest BCUT2D eigenvalue weighted by Gasteiger charge is -2.28. The molecule has 1 unspecified atom stereocenters. The Morgan fingerprint density at radius 2 is 1.94 bits per heavy atom. The maximum Gasteiger partial charge on any atom is 0.124 e. The number of aromatic hydroxyl groups is 1. The first-order valence-electron chi connectivity index (χ1n) is 6.97. The van der Waals surface area contributed by atoms with Crippen LogP contribution in [-0.2, 0) is 5.41 Å². The Kier molecular flexibility index (Phi) is 3.67. The lowest BCUT2D eigenvalue weighted by atomic mass is 9.82. The van der Waals surface area contributed by atoms with Gasteiger partial charge in [-0.15, -0.1) is 0 Å². The predicted octanol–water partition coefficient (Wildman–Crippen LogP) is 3.81. The Morgan fingerprint density at radius 3 is 2.50 bits per heavy atom. The molecule has 1 aliphatic rings. The monoisotopic (exact) mass is 247 g/mol. The fraction of sp³-hybridized carbons (Fsp3) is 0.625. The molecule has 0 aliphatic carbocycles. The van der Waals surface area contributed by atoms with Crippen LogP contribution >= 0.6 is 0 Å². The number of phenols is 1. The Balaban J connectivity index is 2.44. The molecule has 2 rings (SSSR count). The van der Waals surface area contributed by atoms with Crippen molar-refractivity contribution in [2.75, 3.05) is 6.54 Å². The molecule has 1 saturated heterocycles. The fourth-order valence-corrected chi connectivity index (χ4v) is 2.76. The van der Waals surface area contributed by atoms with Crippen LogP contribution in [0, 0.1) is 6.92 Å². The van der Waals surface area contributed by atoms with Crippen molar-refractivity contribution >= 4 is 0 Å². The summed E-state index contributed by atoms with van der Waals surface area (Å²) in [6.45, 7) is 9.63. The number of rotatable bonds is 1. The number of hydrogen-bond donors (Lipinski definition) is 2. The van der Waals surface area contributed by atoms with E-state index in [2.05, 4.69) is 45.1 Å². The number of piperidine rings is 1. The van der Waals surface area contributed by atoms with Gasteiger partial charge >= 0.3 is 0 Å². The van der Waals surface area contributed by atoms with E-state index in [1.54, 1.807) is 0 Å². The molecule has 1 atom stereocenters. The van der Waals surface area contributed by atoms with E-state index in [-0.39, 0.29) is 5.41 Å². The number of nitrogens with one attached hydrogen (secondary N) is 1. The smallest absolute Gasteiger partial charge is 0.124 e. The molecule has 0 saturated carbocycles. The van der Waals surface area contributed by atoms with Crippen molar-refractivity contribution in [3.05, 3.63) is 28.8 Å².